The Morgan fingerprint density at radius 2 is 2.00 bits per heavy atom. The van der Waals surface area contributed by atoms with Crippen molar-refractivity contribution in [3.8, 4) is 0 Å². The Hall–Kier alpha value is -2.82. The molecule has 5 heteroatoms. The van der Waals surface area contributed by atoms with Gasteiger partial charge in [0.1, 0.15) is 11.5 Å². The molecule has 0 aliphatic carbocycles. The molecule has 1 unspecified atom stereocenters. The van der Waals surface area contributed by atoms with E-state index in [9.17, 15) is 9.59 Å². The lowest BCUT2D eigenvalue weighted by atomic mass is 10.1. The fraction of sp³-hybridized carbons (Fsp3) is 0.125. The Bertz CT molecular complexity index is 714. The quantitative estimate of drug-likeness (QED) is 0.789. The molecule has 2 heterocycles. The molecule has 1 aromatic carbocycles. The minimum Gasteiger partial charge on any atom is -0.267 e. The van der Waals surface area contributed by atoms with Crippen LogP contribution in [0.15, 0.2) is 64.7 Å². The highest BCUT2D eigenvalue weighted by atomic mass is 16.2. The molecule has 21 heavy (non-hydrogen) atoms. The lowest BCUT2D eigenvalue weighted by molar-refractivity contribution is -0.119. The molecule has 0 saturated heterocycles. The number of carbonyl (C=O) groups excluding carboxylic acids is 2. The van der Waals surface area contributed by atoms with Crippen molar-refractivity contribution in [2.45, 2.75) is 13.0 Å². The molecule has 1 aromatic rings. The highest BCUT2D eigenvalue weighted by molar-refractivity contribution is 6.47. The summed E-state index contributed by atoms with van der Waals surface area (Å²) in [6, 6.07) is 8.24. The summed E-state index contributed by atoms with van der Waals surface area (Å²) in [6.07, 6.45) is 6.93. The molecule has 104 valence electrons. The summed E-state index contributed by atoms with van der Waals surface area (Å²) in [5.74, 6) is -0.167. The van der Waals surface area contributed by atoms with Crippen molar-refractivity contribution in [3.05, 3.63) is 60.3 Å². The van der Waals surface area contributed by atoms with Gasteiger partial charge in [0.2, 0.25) is 0 Å². The SMILES string of the molecule is CC1N=C2C=CC=CN2C(=O)C1=NC(=O)c1ccccc1. The highest BCUT2D eigenvalue weighted by Gasteiger charge is 2.32. The van der Waals surface area contributed by atoms with Gasteiger partial charge in [-0.05, 0) is 31.2 Å². The summed E-state index contributed by atoms with van der Waals surface area (Å²) in [5, 5.41) is 0. The zero-order valence-corrected chi connectivity index (χ0v) is 11.4. The number of hydrogen-bond acceptors (Lipinski definition) is 3. The van der Waals surface area contributed by atoms with Crippen LogP contribution in [0.3, 0.4) is 0 Å². The Labute approximate surface area is 122 Å². The second-order valence-corrected chi connectivity index (χ2v) is 4.71. The maximum atomic E-state index is 12.4. The second-order valence-electron chi connectivity index (χ2n) is 4.71. The van der Waals surface area contributed by atoms with E-state index in [1.165, 1.54) is 4.90 Å². The van der Waals surface area contributed by atoms with Gasteiger partial charge in [0.25, 0.3) is 11.8 Å². The summed E-state index contributed by atoms with van der Waals surface area (Å²) in [5.41, 5.74) is 0.612. The van der Waals surface area contributed by atoms with Gasteiger partial charge in [-0.25, -0.2) is 4.99 Å². The van der Waals surface area contributed by atoms with E-state index in [2.05, 4.69) is 9.98 Å². The number of amides is 2. The molecule has 0 fully saturated rings. The van der Waals surface area contributed by atoms with E-state index in [1.807, 2.05) is 12.1 Å². The molecule has 2 aliphatic heterocycles. The van der Waals surface area contributed by atoms with Crippen LogP contribution in [0.2, 0.25) is 0 Å². The summed E-state index contributed by atoms with van der Waals surface area (Å²) in [7, 11) is 0. The van der Waals surface area contributed by atoms with Crippen molar-refractivity contribution < 1.29 is 9.59 Å². The first-order valence-corrected chi connectivity index (χ1v) is 6.61. The van der Waals surface area contributed by atoms with Gasteiger partial charge in [0.05, 0.1) is 6.04 Å². The van der Waals surface area contributed by atoms with E-state index in [0.717, 1.165) is 0 Å². The third-order valence-corrected chi connectivity index (χ3v) is 3.24. The number of benzene rings is 1. The van der Waals surface area contributed by atoms with Crippen molar-refractivity contribution >= 4 is 23.4 Å². The lowest BCUT2D eigenvalue weighted by Crippen LogP contribution is -2.46. The maximum Gasteiger partial charge on any atom is 0.280 e. The molecule has 5 nitrogen and oxygen atoms in total. The summed E-state index contributed by atoms with van der Waals surface area (Å²) < 4.78 is 0. The Balaban J connectivity index is 1.95. The molecule has 0 N–H and O–H groups in total. The Morgan fingerprint density at radius 1 is 1.24 bits per heavy atom. The van der Waals surface area contributed by atoms with E-state index in [0.29, 0.717) is 11.4 Å². The van der Waals surface area contributed by atoms with Crippen LogP contribution in [-0.4, -0.2) is 34.3 Å². The average Bonchev–Trinajstić information content (AvgIpc) is 2.52. The minimum absolute atomic E-state index is 0.160. The van der Waals surface area contributed by atoms with Crippen LogP contribution < -0.4 is 0 Å². The largest absolute Gasteiger partial charge is 0.280 e. The van der Waals surface area contributed by atoms with Crippen LogP contribution in [-0.2, 0) is 4.79 Å². The van der Waals surface area contributed by atoms with Gasteiger partial charge in [-0.3, -0.25) is 19.5 Å². The van der Waals surface area contributed by atoms with Gasteiger partial charge in [-0.15, -0.1) is 0 Å². The molecule has 0 bridgehead atoms. The molecule has 2 aliphatic rings. The molecule has 3 rings (SSSR count). The van der Waals surface area contributed by atoms with Gasteiger partial charge in [0.15, 0.2) is 0 Å². The van der Waals surface area contributed by atoms with Crippen molar-refractivity contribution in [2.75, 3.05) is 0 Å². The Kier molecular flexibility index (Phi) is 3.31. The maximum absolute atomic E-state index is 12.4. The van der Waals surface area contributed by atoms with E-state index in [-0.39, 0.29) is 11.6 Å². The van der Waals surface area contributed by atoms with Crippen molar-refractivity contribution in [1.82, 2.24) is 4.90 Å². The fourth-order valence-electron chi connectivity index (χ4n) is 2.17. The third-order valence-electron chi connectivity index (χ3n) is 3.24. The van der Waals surface area contributed by atoms with Gasteiger partial charge in [0, 0.05) is 11.8 Å². The molecule has 0 saturated carbocycles. The van der Waals surface area contributed by atoms with Crippen molar-refractivity contribution in [2.24, 2.45) is 9.98 Å². The van der Waals surface area contributed by atoms with Crippen LogP contribution in [0.1, 0.15) is 17.3 Å². The number of carbonyl (C=O) groups is 2. The first kappa shape index (κ1) is 13.2. The molecule has 0 aromatic heterocycles. The van der Waals surface area contributed by atoms with Gasteiger partial charge >= 0.3 is 0 Å². The minimum atomic E-state index is -0.437. The zero-order chi connectivity index (χ0) is 14.8. The van der Waals surface area contributed by atoms with Crippen LogP contribution in [0.4, 0.5) is 0 Å². The second kappa shape index (κ2) is 5.28. The Morgan fingerprint density at radius 3 is 2.76 bits per heavy atom. The van der Waals surface area contributed by atoms with Crippen molar-refractivity contribution in [1.29, 1.82) is 0 Å². The van der Waals surface area contributed by atoms with Crippen LogP contribution in [0.25, 0.3) is 0 Å². The molecular formula is C16H13N3O2. The molecule has 0 radical (unpaired) electrons. The smallest absolute Gasteiger partial charge is 0.267 e. The van der Waals surface area contributed by atoms with Crippen LogP contribution >= 0.6 is 0 Å². The van der Waals surface area contributed by atoms with Crippen LogP contribution in [0.5, 0.6) is 0 Å². The van der Waals surface area contributed by atoms with Crippen molar-refractivity contribution in [3.63, 3.8) is 0 Å². The standard InChI is InChI=1S/C16H13N3O2/c1-11-14(18-15(20)12-7-3-2-4-8-12)16(21)19-10-6-5-9-13(19)17-11/h2-11H,1H3. The first-order chi connectivity index (χ1) is 10.2. The first-order valence-electron chi connectivity index (χ1n) is 6.61. The molecule has 2 amide bonds. The van der Waals surface area contributed by atoms with E-state index >= 15 is 0 Å². The fourth-order valence-corrected chi connectivity index (χ4v) is 2.17. The van der Waals surface area contributed by atoms with Gasteiger partial charge < -0.3 is 0 Å². The van der Waals surface area contributed by atoms with Gasteiger partial charge in [-0.2, -0.15) is 0 Å². The highest BCUT2D eigenvalue weighted by Crippen LogP contribution is 2.15. The zero-order valence-electron chi connectivity index (χ0n) is 11.4. The number of hydrogen-bond donors (Lipinski definition) is 0. The molecule has 0 spiro atoms. The summed E-state index contributed by atoms with van der Waals surface area (Å²) >= 11 is 0. The summed E-state index contributed by atoms with van der Waals surface area (Å²) in [6.45, 7) is 1.76. The normalized spacial score (nSPS) is 22.2. The van der Waals surface area contributed by atoms with E-state index in [4.69, 9.17) is 0 Å². The number of rotatable bonds is 1. The molecular weight excluding hydrogens is 266 g/mol. The number of nitrogens with zero attached hydrogens (tertiary/aromatic N) is 3. The van der Waals surface area contributed by atoms with Crippen LogP contribution in [0, 0.1) is 0 Å². The lowest BCUT2D eigenvalue weighted by Gasteiger charge is -2.27. The van der Waals surface area contributed by atoms with E-state index in [1.54, 1.807) is 49.5 Å². The molecule has 1 atom stereocenters. The number of amidine groups is 1. The number of allylic oxidation sites excluding steroid dienone is 2. The monoisotopic (exact) mass is 279 g/mol. The predicted octanol–water partition coefficient (Wildman–Crippen LogP) is 1.98. The third kappa shape index (κ3) is 2.45. The van der Waals surface area contributed by atoms with E-state index < -0.39 is 11.9 Å². The summed E-state index contributed by atoms with van der Waals surface area (Å²) in [4.78, 5) is 34.3. The number of aliphatic imine (C=N–C) groups is 2. The predicted molar refractivity (Wildman–Crippen MR) is 80.2 cm³/mol. The van der Waals surface area contributed by atoms with Gasteiger partial charge in [-0.1, -0.05) is 24.3 Å². The topological polar surface area (TPSA) is 62.1 Å². The average molecular weight is 279 g/mol. The number of fused-ring (bicyclic) bond motifs is 1.